The monoisotopic (exact) mass is 286 g/mol. The van der Waals surface area contributed by atoms with Crippen molar-refractivity contribution in [1.82, 2.24) is 20.4 Å². The van der Waals surface area contributed by atoms with Crippen LogP contribution in [0.2, 0.25) is 0 Å². The lowest BCUT2D eigenvalue weighted by Gasteiger charge is -2.13. The average Bonchev–Trinajstić information content (AvgIpc) is 2.93. The summed E-state index contributed by atoms with van der Waals surface area (Å²) in [4.78, 5) is 6.92. The number of hydrogen-bond donors (Lipinski definition) is 1. The minimum Gasteiger partial charge on any atom is -0.338 e. The van der Waals surface area contributed by atoms with Gasteiger partial charge in [0.1, 0.15) is 0 Å². The molecule has 2 aliphatic rings. The van der Waals surface area contributed by atoms with Gasteiger partial charge in [-0.1, -0.05) is 19.0 Å². The van der Waals surface area contributed by atoms with E-state index < -0.39 is 0 Å². The molecule has 2 saturated heterocycles. The standard InChI is InChI=1S/C13H22N4O.ClH/c1-9(2)3-12-15-13(18-16-12)8-17-6-10-4-14-5-11(10)7-17;/h9-11,14H,3-8H2,1-2H3;1H/t10-,11+;. The number of halogens is 1. The van der Waals surface area contributed by atoms with Crippen LogP contribution in [-0.2, 0) is 13.0 Å². The Balaban J connectivity index is 0.00000133. The third-order valence-electron chi connectivity index (χ3n) is 3.92. The van der Waals surface area contributed by atoms with Crippen LogP contribution < -0.4 is 5.32 Å². The average molecular weight is 287 g/mol. The molecule has 1 aromatic rings. The summed E-state index contributed by atoms with van der Waals surface area (Å²) >= 11 is 0. The molecule has 2 atom stereocenters. The number of likely N-dealkylation sites (tertiary alicyclic amines) is 1. The van der Waals surface area contributed by atoms with E-state index >= 15 is 0 Å². The van der Waals surface area contributed by atoms with Crippen molar-refractivity contribution in [2.75, 3.05) is 26.2 Å². The van der Waals surface area contributed by atoms with Gasteiger partial charge >= 0.3 is 0 Å². The largest absolute Gasteiger partial charge is 0.338 e. The molecule has 0 spiro atoms. The molecule has 2 aliphatic heterocycles. The molecule has 0 saturated carbocycles. The molecule has 0 unspecified atom stereocenters. The fourth-order valence-electron chi connectivity index (χ4n) is 3.08. The van der Waals surface area contributed by atoms with Crippen molar-refractivity contribution < 1.29 is 4.52 Å². The van der Waals surface area contributed by atoms with Gasteiger partial charge in [0, 0.05) is 19.5 Å². The maximum Gasteiger partial charge on any atom is 0.240 e. The lowest BCUT2D eigenvalue weighted by atomic mass is 10.0. The van der Waals surface area contributed by atoms with Gasteiger partial charge in [-0.25, -0.2) is 0 Å². The van der Waals surface area contributed by atoms with E-state index in [0.29, 0.717) is 5.92 Å². The molecule has 0 amide bonds. The second-order valence-corrected chi connectivity index (χ2v) is 6.07. The fraction of sp³-hybridized carbons (Fsp3) is 0.846. The molecule has 0 radical (unpaired) electrons. The van der Waals surface area contributed by atoms with E-state index in [4.69, 9.17) is 4.52 Å². The first-order valence-corrected chi connectivity index (χ1v) is 6.95. The lowest BCUT2D eigenvalue weighted by molar-refractivity contribution is 0.253. The second kappa shape index (κ2) is 6.20. The molecule has 0 bridgehead atoms. The minimum absolute atomic E-state index is 0. The maximum atomic E-state index is 5.33. The topological polar surface area (TPSA) is 54.2 Å². The Bertz CT molecular complexity index is 397. The lowest BCUT2D eigenvalue weighted by Crippen LogP contribution is -2.25. The van der Waals surface area contributed by atoms with E-state index in [1.807, 2.05) is 0 Å². The quantitative estimate of drug-likeness (QED) is 0.905. The highest BCUT2D eigenvalue weighted by molar-refractivity contribution is 5.85. The van der Waals surface area contributed by atoms with Crippen molar-refractivity contribution in [2.24, 2.45) is 17.8 Å². The number of aromatic nitrogens is 2. The van der Waals surface area contributed by atoms with Crippen LogP contribution in [0.3, 0.4) is 0 Å². The number of hydrogen-bond acceptors (Lipinski definition) is 5. The van der Waals surface area contributed by atoms with E-state index in [9.17, 15) is 0 Å². The highest BCUT2D eigenvalue weighted by Crippen LogP contribution is 2.27. The Morgan fingerprint density at radius 2 is 2.00 bits per heavy atom. The zero-order valence-corrected chi connectivity index (χ0v) is 12.4. The van der Waals surface area contributed by atoms with Gasteiger partial charge in [-0.15, -0.1) is 12.4 Å². The second-order valence-electron chi connectivity index (χ2n) is 6.07. The molecule has 2 fully saturated rings. The van der Waals surface area contributed by atoms with E-state index in [-0.39, 0.29) is 12.4 Å². The molecule has 3 rings (SSSR count). The third kappa shape index (κ3) is 3.46. The van der Waals surface area contributed by atoms with Crippen molar-refractivity contribution in [2.45, 2.75) is 26.8 Å². The van der Waals surface area contributed by atoms with Crippen molar-refractivity contribution in [1.29, 1.82) is 0 Å². The molecular weight excluding hydrogens is 264 g/mol. The first-order chi connectivity index (χ1) is 8.70. The Labute approximate surface area is 120 Å². The smallest absolute Gasteiger partial charge is 0.240 e. The number of fused-ring (bicyclic) bond motifs is 1. The molecule has 6 heteroatoms. The van der Waals surface area contributed by atoms with Gasteiger partial charge in [0.15, 0.2) is 5.82 Å². The van der Waals surface area contributed by atoms with Gasteiger partial charge < -0.3 is 9.84 Å². The van der Waals surface area contributed by atoms with Gasteiger partial charge in [0.05, 0.1) is 6.54 Å². The van der Waals surface area contributed by atoms with Crippen LogP contribution in [0.5, 0.6) is 0 Å². The summed E-state index contributed by atoms with van der Waals surface area (Å²) in [6.45, 7) is 9.83. The Hall–Kier alpha value is -0.650. The van der Waals surface area contributed by atoms with Gasteiger partial charge in [0.25, 0.3) is 0 Å². The molecule has 1 aromatic heterocycles. The Morgan fingerprint density at radius 1 is 1.32 bits per heavy atom. The summed E-state index contributed by atoms with van der Waals surface area (Å²) in [7, 11) is 0. The predicted octanol–water partition coefficient (Wildman–Crippen LogP) is 1.34. The van der Waals surface area contributed by atoms with Crippen LogP contribution in [0.15, 0.2) is 4.52 Å². The number of nitrogens with zero attached hydrogens (tertiary/aromatic N) is 3. The van der Waals surface area contributed by atoms with Gasteiger partial charge in [-0.05, 0) is 30.8 Å². The summed E-state index contributed by atoms with van der Waals surface area (Å²) in [6.07, 6.45) is 0.901. The minimum atomic E-state index is 0. The number of nitrogens with one attached hydrogen (secondary N) is 1. The Morgan fingerprint density at radius 3 is 2.63 bits per heavy atom. The molecule has 0 aromatic carbocycles. The molecule has 1 N–H and O–H groups in total. The highest BCUT2D eigenvalue weighted by atomic mass is 35.5. The van der Waals surface area contributed by atoms with Crippen molar-refractivity contribution >= 4 is 12.4 Å². The van der Waals surface area contributed by atoms with E-state index in [0.717, 1.165) is 36.5 Å². The summed E-state index contributed by atoms with van der Waals surface area (Å²) in [5.41, 5.74) is 0. The van der Waals surface area contributed by atoms with E-state index in [1.54, 1.807) is 0 Å². The SMILES string of the molecule is CC(C)Cc1noc(CN2C[C@H]3CNC[C@H]3C2)n1.Cl. The van der Waals surface area contributed by atoms with Crippen molar-refractivity contribution in [3.63, 3.8) is 0 Å². The summed E-state index contributed by atoms with van der Waals surface area (Å²) in [5.74, 6) is 3.85. The van der Waals surface area contributed by atoms with E-state index in [2.05, 4.69) is 34.2 Å². The highest BCUT2D eigenvalue weighted by Gasteiger charge is 2.36. The first kappa shape index (κ1) is 14.8. The molecule has 5 nitrogen and oxygen atoms in total. The summed E-state index contributed by atoms with van der Waals surface area (Å²) < 4.78 is 5.33. The summed E-state index contributed by atoms with van der Waals surface area (Å²) in [5, 5.41) is 7.50. The predicted molar refractivity (Wildman–Crippen MR) is 75.2 cm³/mol. The number of rotatable bonds is 4. The van der Waals surface area contributed by atoms with E-state index in [1.165, 1.54) is 26.2 Å². The summed E-state index contributed by atoms with van der Waals surface area (Å²) in [6, 6.07) is 0. The molecule has 108 valence electrons. The fourth-order valence-corrected chi connectivity index (χ4v) is 3.08. The normalized spacial score (nSPS) is 26.7. The zero-order chi connectivity index (χ0) is 12.5. The molecule has 3 heterocycles. The maximum absolute atomic E-state index is 5.33. The van der Waals surface area contributed by atoms with Crippen molar-refractivity contribution in [3.8, 4) is 0 Å². The van der Waals surface area contributed by atoms with Gasteiger partial charge in [-0.3, -0.25) is 4.90 Å². The van der Waals surface area contributed by atoms with Crippen LogP contribution in [0, 0.1) is 17.8 Å². The van der Waals surface area contributed by atoms with Crippen LogP contribution in [-0.4, -0.2) is 41.2 Å². The van der Waals surface area contributed by atoms with Crippen LogP contribution >= 0.6 is 12.4 Å². The van der Waals surface area contributed by atoms with Crippen molar-refractivity contribution in [3.05, 3.63) is 11.7 Å². The third-order valence-corrected chi connectivity index (χ3v) is 3.92. The van der Waals surface area contributed by atoms with Crippen LogP contribution in [0.1, 0.15) is 25.6 Å². The van der Waals surface area contributed by atoms with Gasteiger partial charge in [-0.2, -0.15) is 4.98 Å². The zero-order valence-electron chi connectivity index (χ0n) is 11.6. The molecular formula is C13H23ClN4O. The first-order valence-electron chi connectivity index (χ1n) is 6.95. The molecule has 19 heavy (non-hydrogen) atoms. The van der Waals surface area contributed by atoms with Crippen LogP contribution in [0.4, 0.5) is 0 Å². The molecule has 0 aliphatic carbocycles. The Kier molecular flexibility index (Phi) is 4.81. The van der Waals surface area contributed by atoms with Gasteiger partial charge in [0.2, 0.25) is 5.89 Å². The van der Waals surface area contributed by atoms with Crippen LogP contribution in [0.25, 0.3) is 0 Å².